The number of nitrogens with one attached hydrogen (secondary N) is 2. The maximum Gasteiger partial charge on any atom is 0.117 e. The summed E-state index contributed by atoms with van der Waals surface area (Å²) in [5.41, 5.74) is 0.423. The van der Waals surface area contributed by atoms with E-state index in [0.717, 1.165) is 31.9 Å². The first-order valence-electron chi connectivity index (χ1n) is 5.22. The van der Waals surface area contributed by atoms with Gasteiger partial charge in [-0.05, 0) is 30.5 Å². The zero-order valence-electron chi connectivity index (χ0n) is 8.68. The highest BCUT2D eigenvalue weighted by molar-refractivity contribution is 4.98. The molecule has 1 unspecified atom stereocenters. The first-order valence-corrected chi connectivity index (χ1v) is 5.22. The van der Waals surface area contributed by atoms with Gasteiger partial charge in [0.2, 0.25) is 0 Å². The van der Waals surface area contributed by atoms with Crippen LogP contribution in [0.2, 0.25) is 0 Å². The molecule has 0 amide bonds. The van der Waals surface area contributed by atoms with Crippen LogP contribution in [0.4, 0.5) is 0 Å². The van der Waals surface area contributed by atoms with Gasteiger partial charge in [0.1, 0.15) is 5.76 Å². The van der Waals surface area contributed by atoms with Gasteiger partial charge in [0.05, 0.1) is 12.8 Å². The number of rotatable bonds is 4. The molecule has 0 aliphatic carbocycles. The predicted octanol–water partition coefficient (Wildman–Crippen LogP) is 1.37. The molecule has 1 fully saturated rings. The van der Waals surface area contributed by atoms with Crippen molar-refractivity contribution >= 4 is 0 Å². The van der Waals surface area contributed by atoms with E-state index in [1.54, 1.807) is 6.26 Å². The molecule has 3 heteroatoms. The van der Waals surface area contributed by atoms with Gasteiger partial charge in [0, 0.05) is 13.1 Å². The summed E-state index contributed by atoms with van der Waals surface area (Å²) in [6.45, 7) is 6.49. The van der Waals surface area contributed by atoms with Gasteiger partial charge in [-0.25, -0.2) is 0 Å². The zero-order valence-corrected chi connectivity index (χ0v) is 8.68. The van der Waals surface area contributed by atoms with Crippen molar-refractivity contribution in [2.75, 3.05) is 19.6 Å². The minimum absolute atomic E-state index is 0.423. The normalized spacial score (nSPS) is 26.9. The fourth-order valence-corrected chi connectivity index (χ4v) is 1.92. The molecule has 0 bridgehead atoms. The van der Waals surface area contributed by atoms with E-state index in [1.807, 2.05) is 12.1 Å². The van der Waals surface area contributed by atoms with E-state index in [0.29, 0.717) is 5.41 Å². The third-order valence-corrected chi connectivity index (χ3v) is 2.89. The summed E-state index contributed by atoms with van der Waals surface area (Å²) in [5, 5.41) is 6.83. The Kier molecular flexibility index (Phi) is 2.89. The minimum atomic E-state index is 0.423. The van der Waals surface area contributed by atoms with Crippen LogP contribution in [-0.4, -0.2) is 19.6 Å². The van der Waals surface area contributed by atoms with Crippen LogP contribution in [0.15, 0.2) is 22.8 Å². The number of hydrogen-bond acceptors (Lipinski definition) is 3. The van der Waals surface area contributed by atoms with Crippen molar-refractivity contribution in [3.8, 4) is 0 Å². The summed E-state index contributed by atoms with van der Waals surface area (Å²) in [7, 11) is 0. The molecule has 0 aromatic carbocycles. The van der Waals surface area contributed by atoms with E-state index in [2.05, 4.69) is 17.6 Å². The van der Waals surface area contributed by atoms with Crippen molar-refractivity contribution in [2.24, 2.45) is 5.41 Å². The molecule has 3 nitrogen and oxygen atoms in total. The third kappa shape index (κ3) is 2.36. The second-order valence-electron chi connectivity index (χ2n) is 4.42. The quantitative estimate of drug-likeness (QED) is 0.760. The van der Waals surface area contributed by atoms with Gasteiger partial charge in [0.25, 0.3) is 0 Å². The van der Waals surface area contributed by atoms with Crippen LogP contribution in [0, 0.1) is 5.41 Å². The van der Waals surface area contributed by atoms with E-state index in [4.69, 9.17) is 4.42 Å². The molecular formula is C11H18N2O. The van der Waals surface area contributed by atoms with E-state index in [9.17, 15) is 0 Å². The smallest absolute Gasteiger partial charge is 0.117 e. The van der Waals surface area contributed by atoms with Crippen molar-refractivity contribution in [1.29, 1.82) is 0 Å². The van der Waals surface area contributed by atoms with Crippen LogP contribution in [0.3, 0.4) is 0 Å². The fraction of sp³-hybridized carbons (Fsp3) is 0.636. The molecule has 0 radical (unpaired) electrons. The fourth-order valence-electron chi connectivity index (χ4n) is 1.92. The zero-order chi connectivity index (χ0) is 9.86. The summed E-state index contributed by atoms with van der Waals surface area (Å²) in [4.78, 5) is 0. The second kappa shape index (κ2) is 4.15. The van der Waals surface area contributed by atoms with Gasteiger partial charge in [0.15, 0.2) is 0 Å². The summed E-state index contributed by atoms with van der Waals surface area (Å²) in [6, 6.07) is 3.93. The van der Waals surface area contributed by atoms with Crippen LogP contribution < -0.4 is 10.6 Å². The number of furan rings is 1. The van der Waals surface area contributed by atoms with Gasteiger partial charge >= 0.3 is 0 Å². The monoisotopic (exact) mass is 194 g/mol. The molecule has 2 rings (SSSR count). The first kappa shape index (κ1) is 9.74. The molecule has 1 atom stereocenters. The van der Waals surface area contributed by atoms with Crippen LogP contribution in [0.5, 0.6) is 0 Å². The third-order valence-electron chi connectivity index (χ3n) is 2.89. The summed E-state index contributed by atoms with van der Waals surface area (Å²) < 4.78 is 5.25. The summed E-state index contributed by atoms with van der Waals surface area (Å²) in [6.07, 6.45) is 2.98. The maximum absolute atomic E-state index is 5.25. The SMILES string of the molecule is CC1(CNCc2ccco2)CCNC1. The highest BCUT2D eigenvalue weighted by Crippen LogP contribution is 2.23. The molecule has 1 saturated heterocycles. The standard InChI is InChI=1S/C11H18N2O/c1-11(4-5-12-8-11)9-13-7-10-3-2-6-14-10/h2-3,6,12-13H,4-5,7-9H2,1H3. The average Bonchev–Trinajstić information content (AvgIpc) is 2.77. The highest BCUT2D eigenvalue weighted by atomic mass is 16.3. The lowest BCUT2D eigenvalue weighted by Gasteiger charge is -2.22. The Bertz CT molecular complexity index is 263. The molecule has 2 N–H and O–H groups in total. The van der Waals surface area contributed by atoms with Crippen LogP contribution in [0.1, 0.15) is 19.1 Å². The van der Waals surface area contributed by atoms with Crippen molar-refractivity contribution < 1.29 is 4.42 Å². The highest BCUT2D eigenvalue weighted by Gasteiger charge is 2.27. The Labute approximate surface area is 84.9 Å². The molecule has 0 spiro atoms. The summed E-state index contributed by atoms with van der Waals surface area (Å²) >= 11 is 0. The topological polar surface area (TPSA) is 37.2 Å². The van der Waals surface area contributed by atoms with E-state index >= 15 is 0 Å². The first-order chi connectivity index (χ1) is 6.79. The minimum Gasteiger partial charge on any atom is -0.468 e. The maximum atomic E-state index is 5.25. The molecule has 1 aromatic rings. The largest absolute Gasteiger partial charge is 0.468 e. The van der Waals surface area contributed by atoms with Gasteiger partial charge in [-0.1, -0.05) is 6.92 Å². The lowest BCUT2D eigenvalue weighted by Crippen LogP contribution is -2.33. The van der Waals surface area contributed by atoms with E-state index in [1.165, 1.54) is 6.42 Å². The molecule has 1 aliphatic heterocycles. The Morgan fingerprint density at radius 1 is 1.64 bits per heavy atom. The van der Waals surface area contributed by atoms with Crippen molar-refractivity contribution in [3.05, 3.63) is 24.2 Å². The van der Waals surface area contributed by atoms with Gasteiger partial charge in [-0.3, -0.25) is 0 Å². The van der Waals surface area contributed by atoms with Gasteiger partial charge < -0.3 is 15.1 Å². The second-order valence-corrected chi connectivity index (χ2v) is 4.42. The average molecular weight is 194 g/mol. The number of hydrogen-bond donors (Lipinski definition) is 2. The van der Waals surface area contributed by atoms with Crippen molar-refractivity contribution in [1.82, 2.24) is 10.6 Å². The Hall–Kier alpha value is -0.800. The lowest BCUT2D eigenvalue weighted by molar-refractivity contribution is 0.331. The molecule has 2 heterocycles. The predicted molar refractivity (Wildman–Crippen MR) is 56.0 cm³/mol. The van der Waals surface area contributed by atoms with Crippen LogP contribution >= 0.6 is 0 Å². The Morgan fingerprint density at radius 2 is 2.57 bits per heavy atom. The molecule has 78 valence electrons. The van der Waals surface area contributed by atoms with Crippen LogP contribution in [-0.2, 0) is 6.54 Å². The van der Waals surface area contributed by atoms with Crippen molar-refractivity contribution in [2.45, 2.75) is 19.9 Å². The van der Waals surface area contributed by atoms with Gasteiger partial charge in [-0.15, -0.1) is 0 Å². The van der Waals surface area contributed by atoms with Crippen molar-refractivity contribution in [3.63, 3.8) is 0 Å². The van der Waals surface area contributed by atoms with Gasteiger partial charge in [-0.2, -0.15) is 0 Å². The summed E-state index contributed by atoms with van der Waals surface area (Å²) in [5.74, 6) is 1.01. The lowest BCUT2D eigenvalue weighted by atomic mass is 9.90. The van der Waals surface area contributed by atoms with E-state index < -0.39 is 0 Å². The molecule has 1 aliphatic rings. The molecular weight excluding hydrogens is 176 g/mol. The Morgan fingerprint density at radius 3 is 3.21 bits per heavy atom. The molecule has 1 aromatic heterocycles. The van der Waals surface area contributed by atoms with Crippen LogP contribution in [0.25, 0.3) is 0 Å². The Balaban J connectivity index is 1.72. The molecule has 14 heavy (non-hydrogen) atoms. The van der Waals surface area contributed by atoms with E-state index in [-0.39, 0.29) is 0 Å². The molecule has 0 saturated carbocycles.